The molecule has 2 amide bonds. The van der Waals surface area contributed by atoms with Gasteiger partial charge in [0.1, 0.15) is 11.4 Å². The largest absolute Gasteiger partial charge is 0.493 e. The van der Waals surface area contributed by atoms with E-state index in [0.717, 1.165) is 5.69 Å². The lowest BCUT2D eigenvalue weighted by atomic mass is 10.1. The minimum Gasteiger partial charge on any atom is -0.493 e. The molecule has 2 aromatic rings. The highest BCUT2D eigenvalue weighted by molar-refractivity contribution is 5.97. The number of amides is 2. The van der Waals surface area contributed by atoms with Crippen LogP contribution in [0.15, 0.2) is 42.5 Å². The van der Waals surface area contributed by atoms with Gasteiger partial charge in [-0.15, -0.1) is 0 Å². The van der Waals surface area contributed by atoms with Crippen molar-refractivity contribution in [2.75, 3.05) is 32.8 Å². The lowest BCUT2D eigenvalue weighted by molar-refractivity contribution is 0.0530. The van der Waals surface area contributed by atoms with Gasteiger partial charge in [-0.05, 0) is 38.1 Å². The number of carbonyl (C=O) groups excluding carboxylic acids is 2. The average molecular weight is 353 g/mol. The van der Waals surface area contributed by atoms with E-state index in [4.69, 9.17) is 4.74 Å². The highest BCUT2D eigenvalue weighted by Crippen LogP contribution is 2.21. The summed E-state index contributed by atoms with van der Waals surface area (Å²) in [5.41, 5.74) is 1.83. The summed E-state index contributed by atoms with van der Waals surface area (Å²) in [7, 11) is 0. The van der Waals surface area contributed by atoms with E-state index in [1.807, 2.05) is 38.1 Å². The Labute approximate surface area is 153 Å². The van der Waals surface area contributed by atoms with E-state index in [9.17, 15) is 9.59 Å². The van der Waals surface area contributed by atoms with Crippen LogP contribution in [0.4, 0.5) is 0 Å². The molecule has 0 radical (unpaired) electrons. The number of pyridine rings is 1. The molecule has 0 saturated carbocycles. The lowest BCUT2D eigenvalue weighted by Gasteiger charge is -2.34. The van der Waals surface area contributed by atoms with Crippen molar-refractivity contribution in [1.29, 1.82) is 0 Å². The van der Waals surface area contributed by atoms with Crippen molar-refractivity contribution in [2.45, 2.75) is 13.8 Å². The Morgan fingerprint density at radius 1 is 0.962 bits per heavy atom. The quantitative estimate of drug-likeness (QED) is 0.847. The number of piperazine rings is 1. The third-order valence-electron chi connectivity index (χ3n) is 4.38. The number of aromatic nitrogens is 1. The molecule has 2 heterocycles. The Balaban J connectivity index is 1.65. The summed E-state index contributed by atoms with van der Waals surface area (Å²) in [6.45, 7) is 6.26. The number of aryl methyl sites for hydroxylation is 1. The van der Waals surface area contributed by atoms with Crippen molar-refractivity contribution >= 4 is 11.8 Å². The van der Waals surface area contributed by atoms with Crippen LogP contribution in [0, 0.1) is 6.92 Å². The minimum atomic E-state index is -0.0875. The lowest BCUT2D eigenvalue weighted by Crippen LogP contribution is -2.50. The molecule has 0 atom stereocenters. The number of rotatable bonds is 4. The van der Waals surface area contributed by atoms with Gasteiger partial charge < -0.3 is 14.5 Å². The molecule has 1 fully saturated rings. The second-order valence-electron chi connectivity index (χ2n) is 6.18. The molecular weight excluding hydrogens is 330 g/mol. The smallest absolute Gasteiger partial charge is 0.272 e. The molecule has 0 N–H and O–H groups in total. The maximum atomic E-state index is 12.8. The van der Waals surface area contributed by atoms with Crippen LogP contribution in [0.2, 0.25) is 0 Å². The Hall–Kier alpha value is -2.89. The fourth-order valence-electron chi connectivity index (χ4n) is 3.03. The number of hydrogen-bond donors (Lipinski definition) is 0. The maximum absolute atomic E-state index is 12.8. The minimum absolute atomic E-state index is 0.0603. The summed E-state index contributed by atoms with van der Waals surface area (Å²) in [5, 5.41) is 0. The molecule has 26 heavy (non-hydrogen) atoms. The Bertz CT molecular complexity index is 798. The van der Waals surface area contributed by atoms with Crippen LogP contribution in [0.1, 0.15) is 33.5 Å². The van der Waals surface area contributed by atoms with Crippen molar-refractivity contribution < 1.29 is 14.3 Å². The predicted molar refractivity (Wildman–Crippen MR) is 98.4 cm³/mol. The molecule has 1 aliphatic rings. The van der Waals surface area contributed by atoms with Crippen LogP contribution < -0.4 is 4.74 Å². The van der Waals surface area contributed by atoms with E-state index in [-0.39, 0.29) is 11.8 Å². The van der Waals surface area contributed by atoms with Crippen LogP contribution >= 0.6 is 0 Å². The Morgan fingerprint density at radius 3 is 2.27 bits per heavy atom. The number of nitrogens with zero attached hydrogens (tertiary/aromatic N) is 3. The molecule has 1 saturated heterocycles. The fourth-order valence-corrected chi connectivity index (χ4v) is 3.03. The van der Waals surface area contributed by atoms with Crippen molar-refractivity contribution in [3.8, 4) is 5.75 Å². The SMILES string of the molecule is CCOc1ccccc1C(=O)N1CCN(C(=O)c2cccc(C)n2)CC1. The van der Waals surface area contributed by atoms with Crippen LogP contribution in [0.5, 0.6) is 5.75 Å². The summed E-state index contributed by atoms with van der Waals surface area (Å²) in [4.78, 5) is 33.2. The second kappa shape index (κ2) is 7.99. The van der Waals surface area contributed by atoms with E-state index in [1.165, 1.54) is 0 Å². The average Bonchev–Trinajstić information content (AvgIpc) is 2.68. The fraction of sp³-hybridized carbons (Fsp3) is 0.350. The van der Waals surface area contributed by atoms with Crippen molar-refractivity contribution in [3.63, 3.8) is 0 Å². The number of benzene rings is 1. The predicted octanol–water partition coefficient (Wildman–Crippen LogP) is 2.39. The Morgan fingerprint density at radius 2 is 1.62 bits per heavy atom. The second-order valence-corrected chi connectivity index (χ2v) is 6.18. The first-order chi connectivity index (χ1) is 12.6. The van der Waals surface area contributed by atoms with Gasteiger partial charge in [0.2, 0.25) is 0 Å². The van der Waals surface area contributed by atoms with Gasteiger partial charge in [0.25, 0.3) is 11.8 Å². The monoisotopic (exact) mass is 353 g/mol. The van der Waals surface area contributed by atoms with Crippen LogP contribution in [-0.2, 0) is 0 Å². The molecule has 6 heteroatoms. The van der Waals surface area contributed by atoms with E-state index >= 15 is 0 Å². The molecule has 0 unspecified atom stereocenters. The molecule has 0 spiro atoms. The zero-order chi connectivity index (χ0) is 18.5. The maximum Gasteiger partial charge on any atom is 0.272 e. The third kappa shape index (κ3) is 3.85. The van der Waals surface area contributed by atoms with E-state index in [1.54, 1.807) is 28.0 Å². The van der Waals surface area contributed by atoms with Gasteiger partial charge in [-0.25, -0.2) is 4.98 Å². The normalized spacial score (nSPS) is 14.2. The standard InChI is InChI=1S/C20H23N3O3/c1-3-26-18-10-5-4-8-16(18)19(24)22-11-13-23(14-12-22)20(25)17-9-6-7-15(2)21-17/h4-10H,3,11-14H2,1-2H3. The summed E-state index contributed by atoms with van der Waals surface area (Å²) in [5.74, 6) is 0.452. The van der Waals surface area contributed by atoms with Gasteiger partial charge in [0, 0.05) is 31.9 Å². The zero-order valence-electron chi connectivity index (χ0n) is 15.1. The molecule has 3 rings (SSSR count). The molecule has 1 aliphatic heterocycles. The summed E-state index contributed by atoms with van der Waals surface area (Å²) in [6, 6.07) is 12.7. The molecule has 0 aliphatic carbocycles. The van der Waals surface area contributed by atoms with E-state index in [0.29, 0.717) is 49.8 Å². The summed E-state index contributed by atoms with van der Waals surface area (Å²) >= 11 is 0. The number of carbonyl (C=O) groups is 2. The first-order valence-corrected chi connectivity index (χ1v) is 8.84. The van der Waals surface area contributed by atoms with Gasteiger partial charge in [-0.3, -0.25) is 9.59 Å². The van der Waals surface area contributed by atoms with Gasteiger partial charge in [-0.2, -0.15) is 0 Å². The molecule has 1 aromatic carbocycles. The van der Waals surface area contributed by atoms with Crippen molar-refractivity contribution in [2.24, 2.45) is 0 Å². The molecule has 136 valence electrons. The first kappa shape index (κ1) is 17.9. The van der Waals surface area contributed by atoms with Gasteiger partial charge in [-0.1, -0.05) is 18.2 Å². The highest BCUT2D eigenvalue weighted by atomic mass is 16.5. The van der Waals surface area contributed by atoms with E-state index in [2.05, 4.69) is 4.98 Å². The van der Waals surface area contributed by atoms with Crippen LogP contribution in [0.25, 0.3) is 0 Å². The van der Waals surface area contributed by atoms with Gasteiger partial charge >= 0.3 is 0 Å². The van der Waals surface area contributed by atoms with Crippen molar-refractivity contribution in [1.82, 2.24) is 14.8 Å². The molecule has 0 bridgehead atoms. The van der Waals surface area contributed by atoms with Crippen LogP contribution in [0.3, 0.4) is 0 Å². The van der Waals surface area contributed by atoms with Gasteiger partial charge in [0.15, 0.2) is 0 Å². The summed E-state index contributed by atoms with van der Waals surface area (Å²) < 4.78 is 5.56. The molecular formula is C20H23N3O3. The molecule has 1 aromatic heterocycles. The van der Waals surface area contributed by atoms with Crippen molar-refractivity contribution in [3.05, 3.63) is 59.4 Å². The summed E-state index contributed by atoms with van der Waals surface area (Å²) in [6.07, 6.45) is 0. The van der Waals surface area contributed by atoms with Gasteiger partial charge in [0.05, 0.1) is 12.2 Å². The third-order valence-corrected chi connectivity index (χ3v) is 4.38. The number of hydrogen-bond acceptors (Lipinski definition) is 4. The number of para-hydroxylation sites is 1. The van der Waals surface area contributed by atoms with Crippen LogP contribution in [-0.4, -0.2) is 59.4 Å². The molecule has 6 nitrogen and oxygen atoms in total. The topological polar surface area (TPSA) is 62.7 Å². The highest BCUT2D eigenvalue weighted by Gasteiger charge is 2.27. The van der Waals surface area contributed by atoms with E-state index < -0.39 is 0 Å². The zero-order valence-corrected chi connectivity index (χ0v) is 15.1. The Kier molecular flexibility index (Phi) is 5.51. The first-order valence-electron chi connectivity index (χ1n) is 8.84. The number of ether oxygens (including phenoxy) is 1.